The zero-order valence-electron chi connectivity index (χ0n) is 31.2. The van der Waals surface area contributed by atoms with Gasteiger partial charge in [0.25, 0.3) is 0 Å². The number of carbonyl (C=O) groups excluding carboxylic acids is 1. The molecular weight excluding hydrogens is 797 g/mol. The molecule has 8 fully saturated rings. The van der Waals surface area contributed by atoms with Crippen molar-refractivity contribution in [2.45, 2.75) is 192 Å². The number of fused-ring (bicyclic) bond motifs is 9. The molecule has 0 aromatic rings. The lowest BCUT2D eigenvalue weighted by Crippen LogP contribution is -2.63. The standard InChI is InChI=1S/C40H60INO11/c1-19-11-24-5-7-29-20(2)12-26(47-29)9-10-40-17-28(45)36(52-40)38-34(41)39(53-40)37-30(51-38)8-6-25(49-37)13-22(43)14-27-32(16-31(48-24)21(19)3)50-33(35(27)46-4)15-23(44)18-42/h19,23-39,44-45H,2-3,5-18,42H2,1,4H3/t19-,23?,24+,25?,26?,27?,28-,29+,30?,31-,32+,33-,34?,35-,36?,37+,38-,39?,40+/m1/s1. The number of Topliss-reactive ketones (excluding diaryl/α,β-unsaturated/α-hetero) is 1. The summed E-state index contributed by atoms with van der Waals surface area (Å²) in [5, 5.41) is 21.8. The van der Waals surface area contributed by atoms with Crippen molar-refractivity contribution in [3.63, 3.8) is 0 Å². The van der Waals surface area contributed by atoms with Crippen LogP contribution in [0.4, 0.5) is 0 Å². The van der Waals surface area contributed by atoms with Crippen molar-refractivity contribution in [2.24, 2.45) is 17.6 Å². The van der Waals surface area contributed by atoms with Crippen molar-refractivity contribution in [3.8, 4) is 0 Å². The molecule has 0 radical (unpaired) electrons. The van der Waals surface area contributed by atoms with Crippen LogP contribution in [0.25, 0.3) is 0 Å². The molecule has 0 aromatic heterocycles. The molecule has 0 saturated carbocycles. The molecule has 19 atom stereocenters. The summed E-state index contributed by atoms with van der Waals surface area (Å²) in [6.07, 6.45) is 2.99. The number of ether oxygens (including phenoxy) is 8. The fourth-order valence-electron chi connectivity index (χ4n) is 10.8. The molecule has 8 aliphatic heterocycles. The summed E-state index contributed by atoms with van der Waals surface area (Å²) in [6.45, 7) is 11.2. The fourth-order valence-corrected chi connectivity index (χ4v) is 11.9. The van der Waals surface area contributed by atoms with E-state index in [9.17, 15) is 15.0 Å². The Kier molecular flexibility index (Phi) is 11.9. The minimum atomic E-state index is -0.971. The van der Waals surface area contributed by atoms with Gasteiger partial charge in [0.1, 0.15) is 30.2 Å². The molecule has 8 rings (SSSR count). The number of aliphatic hydroxyl groups excluding tert-OH is 2. The van der Waals surface area contributed by atoms with Crippen LogP contribution in [-0.4, -0.2) is 131 Å². The second-order valence-corrected chi connectivity index (χ2v) is 18.7. The second-order valence-electron chi connectivity index (χ2n) is 17.3. The molecule has 1 spiro atoms. The molecule has 0 amide bonds. The first kappa shape index (κ1) is 39.3. The van der Waals surface area contributed by atoms with Crippen molar-refractivity contribution < 1.29 is 52.9 Å². The first-order valence-electron chi connectivity index (χ1n) is 20.2. The van der Waals surface area contributed by atoms with Crippen molar-refractivity contribution in [1.82, 2.24) is 0 Å². The van der Waals surface area contributed by atoms with Crippen molar-refractivity contribution >= 4 is 28.4 Å². The topological polar surface area (TPSA) is 157 Å². The van der Waals surface area contributed by atoms with Gasteiger partial charge >= 0.3 is 0 Å². The van der Waals surface area contributed by atoms with Gasteiger partial charge in [0.05, 0.1) is 71.1 Å². The molecule has 4 N–H and O–H groups in total. The van der Waals surface area contributed by atoms with E-state index in [-0.39, 0.29) is 108 Å². The normalized spacial score (nSPS) is 51.1. The van der Waals surface area contributed by atoms with E-state index in [0.29, 0.717) is 32.1 Å². The summed E-state index contributed by atoms with van der Waals surface area (Å²) in [4.78, 5) is 14.1. The van der Waals surface area contributed by atoms with Crippen molar-refractivity contribution in [3.05, 3.63) is 24.3 Å². The van der Waals surface area contributed by atoms with Crippen LogP contribution in [0.5, 0.6) is 0 Å². The number of ketones is 1. The van der Waals surface area contributed by atoms with Gasteiger partial charge in [-0.25, -0.2) is 0 Å². The zero-order valence-corrected chi connectivity index (χ0v) is 33.4. The average molecular weight is 858 g/mol. The summed E-state index contributed by atoms with van der Waals surface area (Å²) < 4.78 is 53.2. The fraction of sp³-hybridized carbons (Fsp3) is 0.875. The minimum Gasteiger partial charge on any atom is -0.392 e. The van der Waals surface area contributed by atoms with Crippen LogP contribution in [0.3, 0.4) is 0 Å². The minimum absolute atomic E-state index is 0.0129. The van der Waals surface area contributed by atoms with Crippen LogP contribution in [-0.2, 0) is 42.7 Å². The van der Waals surface area contributed by atoms with Crippen molar-refractivity contribution in [1.29, 1.82) is 0 Å². The van der Waals surface area contributed by atoms with Crippen LogP contribution < -0.4 is 5.73 Å². The number of rotatable bonds is 4. The van der Waals surface area contributed by atoms with Gasteiger partial charge in [-0.05, 0) is 62.0 Å². The third-order valence-electron chi connectivity index (χ3n) is 13.6. The zero-order chi connectivity index (χ0) is 37.2. The predicted octanol–water partition coefficient (Wildman–Crippen LogP) is 3.84. The lowest BCUT2D eigenvalue weighted by Gasteiger charge is -2.49. The Bertz CT molecular complexity index is 1370. The van der Waals surface area contributed by atoms with Crippen LogP contribution in [0.2, 0.25) is 0 Å². The molecule has 8 aliphatic rings. The van der Waals surface area contributed by atoms with Gasteiger partial charge in [0.2, 0.25) is 0 Å². The summed E-state index contributed by atoms with van der Waals surface area (Å²) >= 11 is 2.39. The molecule has 13 heteroatoms. The van der Waals surface area contributed by atoms with Crippen LogP contribution in [0.15, 0.2) is 24.3 Å². The molecule has 8 heterocycles. The lowest BCUT2D eigenvalue weighted by atomic mass is 9.81. The maximum absolute atomic E-state index is 14.1. The van der Waals surface area contributed by atoms with Gasteiger partial charge in [0, 0.05) is 58.1 Å². The third-order valence-corrected chi connectivity index (χ3v) is 15.1. The number of aliphatic hydroxyl groups is 2. The average Bonchev–Trinajstić information content (AvgIpc) is 3.75. The Hall–Kier alpha value is -0.560. The summed E-state index contributed by atoms with van der Waals surface area (Å²) in [7, 11) is 1.65. The number of hydrogen-bond donors (Lipinski definition) is 3. The smallest absolute Gasteiger partial charge is 0.172 e. The highest BCUT2D eigenvalue weighted by atomic mass is 127. The number of methoxy groups -OCH3 is 1. The molecule has 10 bridgehead atoms. The van der Waals surface area contributed by atoms with Gasteiger partial charge in [-0.3, -0.25) is 4.79 Å². The van der Waals surface area contributed by atoms with E-state index in [2.05, 4.69) is 42.7 Å². The van der Waals surface area contributed by atoms with Gasteiger partial charge in [0.15, 0.2) is 5.79 Å². The van der Waals surface area contributed by atoms with Crippen LogP contribution in [0.1, 0.15) is 90.4 Å². The van der Waals surface area contributed by atoms with E-state index in [1.54, 1.807) is 7.11 Å². The second kappa shape index (κ2) is 16.0. The van der Waals surface area contributed by atoms with Gasteiger partial charge in [-0.15, -0.1) is 0 Å². The van der Waals surface area contributed by atoms with E-state index >= 15 is 0 Å². The Morgan fingerprint density at radius 3 is 2.43 bits per heavy atom. The highest BCUT2D eigenvalue weighted by Crippen LogP contribution is 2.51. The van der Waals surface area contributed by atoms with E-state index in [1.807, 2.05) is 0 Å². The Balaban J connectivity index is 1.07. The Morgan fingerprint density at radius 1 is 0.887 bits per heavy atom. The van der Waals surface area contributed by atoms with Gasteiger partial charge < -0.3 is 53.8 Å². The van der Waals surface area contributed by atoms with Crippen molar-refractivity contribution in [2.75, 3.05) is 13.7 Å². The number of carbonyl (C=O) groups is 1. The monoisotopic (exact) mass is 857 g/mol. The van der Waals surface area contributed by atoms with E-state index in [1.165, 1.54) is 0 Å². The summed E-state index contributed by atoms with van der Waals surface area (Å²) in [5.41, 5.74) is 7.96. The van der Waals surface area contributed by atoms with Gasteiger partial charge in [-0.1, -0.05) is 42.7 Å². The largest absolute Gasteiger partial charge is 0.392 e. The third kappa shape index (κ3) is 7.86. The van der Waals surface area contributed by atoms with E-state index in [4.69, 9.17) is 43.6 Å². The molecule has 8 unspecified atom stereocenters. The Labute approximate surface area is 327 Å². The maximum Gasteiger partial charge on any atom is 0.172 e. The number of halogens is 1. The predicted molar refractivity (Wildman–Crippen MR) is 201 cm³/mol. The summed E-state index contributed by atoms with van der Waals surface area (Å²) in [6, 6.07) is 0. The number of alkyl halides is 1. The maximum atomic E-state index is 14.1. The lowest BCUT2D eigenvalue weighted by molar-refractivity contribution is -0.274. The van der Waals surface area contributed by atoms with Gasteiger partial charge in [-0.2, -0.15) is 0 Å². The van der Waals surface area contributed by atoms with Crippen LogP contribution >= 0.6 is 22.6 Å². The molecule has 0 aliphatic carbocycles. The SMILES string of the molecule is C=C1CC2CC[C@]34C[C@@H](O)C(O3)[C@@H]3OC5CCC(CC(=O)CC6[C@H](C[C@H]7O[C@@H](CC[C@@H]1O2)C[C@@H](C)C7=C)O[C@H](CC(O)CN)[C@@H]6OC)O[C@@H]5C(O4)C3I. The molecular formula is C40H60INO11. The first-order chi connectivity index (χ1) is 25.4. The highest BCUT2D eigenvalue weighted by molar-refractivity contribution is 14.1. The quantitative estimate of drug-likeness (QED) is 0.214. The highest BCUT2D eigenvalue weighted by Gasteiger charge is 2.62. The molecule has 0 aromatic carbocycles. The number of hydrogen-bond acceptors (Lipinski definition) is 12. The molecule has 298 valence electrons. The molecule has 12 nitrogen and oxygen atoms in total. The van der Waals surface area contributed by atoms with E-state index < -0.39 is 30.2 Å². The van der Waals surface area contributed by atoms with Crippen LogP contribution in [0, 0.1) is 11.8 Å². The first-order valence-corrected chi connectivity index (χ1v) is 21.4. The number of nitrogens with two attached hydrogens (primary N) is 1. The molecule has 8 saturated heterocycles. The Morgan fingerprint density at radius 2 is 1.64 bits per heavy atom. The van der Waals surface area contributed by atoms with E-state index in [0.717, 1.165) is 49.7 Å². The molecule has 53 heavy (non-hydrogen) atoms. The summed E-state index contributed by atoms with van der Waals surface area (Å²) in [5.74, 6) is -0.856.